The molecule has 41 heavy (non-hydrogen) atoms. The second kappa shape index (κ2) is 9.46. The summed E-state index contributed by atoms with van der Waals surface area (Å²) in [6.07, 6.45) is 2.30. The normalized spacial score (nSPS) is 14.5. The molecule has 2 N–H and O–H groups in total. The number of benzene rings is 5. The zero-order chi connectivity index (χ0) is 27.5. The SMILES string of the molecule is Fc1ccc(Br)c(-c2ccc(C3c4c([nH]c5ccccc45)C=C(c4ccccc4)c4[nH]c5ccccc5c43)cc2)c1. The van der Waals surface area contributed by atoms with Crippen LogP contribution in [0.1, 0.15) is 39.6 Å². The van der Waals surface area contributed by atoms with Gasteiger partial charge in [0.25, 0.3) is 0 Å². The van der Waals surface area contributed by atoms with E-state index in [1.807, 2.05) is 0 Å². The third-order valence-corrected chi connectivity index (χ3v) is 8.92. The van der Waals surface area contributed by atoms with Gasteiger partial charge >= 0.3 is 0 Å². The summed E-state index contributed by atoms with van der Waals surface area (Å²) in [4.78, 5) is 7.54. The summed E-state index contributed by atoms with van der Waals surface area (Å²) in [5.41, 5.74) is 12.3. The van der Waals surface area contributed by atoms with Gasteiger partial charge in [0.05, 0.1) is 5.69 Å². The van der Waals surface area contributed by atoms with Crippen molar-refractivity contribution in [3.8, 4) is 11.1 Å². The first-order valence-corrected chi connectivity index (χ1v) is 14.5. The van der Waals surface area contributed by atoms with Crippen molar-refractivity contribution >= 4 is 49.4 Å². The topological polar surface area (TPSA) is 31.6 Å². The molecule has 0 aliphatic heterocycles. The molecule has 0 saturated heterocycles. The summed E-state index contributed by atoms with van der Waals surface area (Å²) in [7, 11) is 0. The van der Waals surface area contributed by atoms with Crippen LogP contribution < -0.4 is 0 Å². The van der Waals surface area contributed by atoms with E-state index in [0.717, 1.165) is 49.2 Å². The Morgan fingerprint density at radius 3 is 2.02 bits per heavy atom. The Bertz CT molecular complexity index is 2120. The number of hydrogen-bond donors (Lipinski definition) is 2. The number of rotatable bonds is 3. The molecule has 7 aromatic rings. The van der Waals surface area contributed by atoms with E-state index in [9.17, 15) is 4.39 Å². The van der Waals surface area contributed by atoms with Gasteiger partial charge in [-0.2, -0.15) is 0 Å². The third-order valence-electron chi connectivity index (χ3n) is 8.23. The average Bonchev–Trinajstić information content (AvgIpc) is 3.53. The Balaban J connectivity index is 1.43. The minimum absolute atomic E-state index is 0.0326. The molecule has 0 bridgehead atoms. The monoisotopic (exact) mass is 594 g/mol. The molecular weight excluding hydrogens is 571 g/mol. The molecule has 0 fully saturated rings. The van der Waals surface area contributed by atoms with Gasteiger partial charge in [-0.1, -0.05) is 107 Å². The molecule has 1 aliphatic carbocycles. The molecule has 1 atom stereocenters. The minimum Gasteiger partial charge on any atom is -0.355 e. The molecule has 0 amide bonds. The third kappa shape index (κ3) is 3.90. The van der Waals surface area contributed by atoms with Crippen molar-refractivity contribution in [2.45, 2.75) is 5.92 Å². The number of nitrogens with one attached hydrogen (secondary N) is 2. The quantitative estimate of drug-likeness (QED) is 0.204. The smallest absolute Gasteiger partial charge is 0.123 e. The second-order valence-electron chi connectivity index (χ2n) is 10.6. The highest BCUT2D eigenvalue weighted by Gasteiger charge is 2.32. The fraction of sp³-hybridized carbons (Fsp3) is 0.0270. The van der Waals surface area contributed by atoms with Gasteiger partial charge in [-0.05, 0) is 69.8 Å². The highest BCUT2D eigenvalue weighted by molar-refractivity contribution is 9.10. The summed E-state index contributed by atoms with van der Waals surface area (Å²) in [5, 5.41) is 2.43. The number of fused-ring (bicyclic) bond motifs is 6. The fourth-order valence-electron chi connectivity index (χ4n) is 6.40. The van der Waals surface area contributed by atoms with Gasteiger partial charge in [-0.25, -0.2) is 4.39 Å². The van der Waals surface area contributed by atoms with Gasteiger partial charge in [0.15, 0.2) is 0 Å². The molecule has 2 aromatic heterocycles. The molecule has 2 heterocycles. The molecular formula is C37H24BrFN2. The molecule has 4 heteroatoms. The van der Waals surface area contributed by atoms with Crippen molar-refractivity contribution < 1.29 is 4.39 Å². The lowest BCUT2D eigenvalue weighted by molar-refractivity contribution is 0.628. The predicted molar refractivity (Wildman–Crippen MR) is 170 cm³/mol. The van der Waals surface area contributed by atoms with Gasteiger partial charge in [0, 0.05) is 43.5 Å². The maximum absolute atomic E-state index is 14.1. The molecule has 1 unspecified atom stereocenters. The fourth-order valence-corrected chi connectivity index (χ4v) is 6.87. The van der Waals surface area contributed by atoms with Crippen LogP contribution in [0.4, 0.5) is 4.39 Å². The van der Waals surface area contributed by atoms with Crippen molar-refractivity contribution in [1.29, 1.82) is 0 Å². The summed E-state index contributed by atoms with van der Waals surface area (Å²) < 4.78 is 15.0. The molecule has 1 aliphatic rings. The zero-order valence-electron chi connectivity index (χ0n) is 22.0. The first kappa shape index (κ1) is 24.2. The van der Waals surface area contributed by atoms with E-state index >= 15 is 0 Å². The molecule has 0 radical (unpaired) electrons. The van der Waals surface area contributed by atoms with Crippen molar-refractivity contribution in [2.75, 3.05) is 0 Å². The van der Waals surface area contributed by atoms with E-state index < -0.39 is 0 Å². The Hall–Kier alpha value is -4.67. The van der Waals surface area contributed by atoms with Crippen LogP contribution in [-0.4, -0.2) is 9.97 Å². The van der Waals surface area contributed by atoms with E-state index in [1.54, 1.807) is 12.1 Å². The highest BCUT2D eigenvalue weighted by atomic mass is 79.9. The Labute approximate surface area is 245 Å². The predicted octanol–water partition coefficient (Wildman–Crippen LogP) is 10.3. The molecule has 0 saturated carbocycles. The molecule has 5 aromatic carbocycles. The van der Waals surface area contributed by atoms with Crippen molar-refractivity contribution in [2.24, 2.45) is 0 Å². The van der Waals surface area contributed by atoms with E-state index in [-0.39, 0.29) is 11.7 Å². The summed E-state index contributed by atoms with van der Waals surface area (Å²) in [5.74, 6) is -0.280. The van der Waals surface area contributed by atoms with E-state index in [0.29, 0.717) is 0 Å². The van der Waals surface area contributed by atoms with Crippen molar-refractivity contribution in [1.82, 2.24) is 9.97 Å². The molecule has 0 spiro atoms. The van der Waals surface area contributed by atoms with E-state index in [1.165, 1.54) is 33.5 Å². The van der Waals surface area contributed by atoms with Crippen molar-refractivity contribution in [3.05, 3.63) is 165 Å². The zero-order valence-corrected chi connectivity index (χ0v) is 23.5. The van der Waals surface area contributed by atoms with Crippen LogP contribution in [0.15, 0.2) is 126 Å². The van der Waals surface area contributed by atoms with E-state index in [4.69, 9.17) is 0 Å². The number of aromatic amines is 2. The Morgan fingerprint density at radius 1 is 0.610 bits per heavy atom. The number of H-pyrrole nitrogens is 2. The van der Waals surface area contributed by atoms with Crippen LogP contribution >= 0.6 is 15.9 Å². The number of aromatic nitrogens is 2. The average molecular weight is 596 g/mol. The highest BCUT2D eigenvalue weighted by Crippen LogP contribution is 2.48. The van der Waals surface area contributed by atoms with Gasteiger partial charge in [0.1, 0.15) is 5.82 Å². The van der Waals surface area contributed by atoms with Crippen LogP contribution in [0.25, 0.3) is 44.6 Å². The maximum atomic E-state index is 14.1. The first-order chi connectivity index (χ1) is 20.2. The van der Waals surface area contributed by atoms with Crippen LogP contribution in [0, 0.1) is 5.82 Å². The lowest BCUT2D eigenvalue weighted by Crippen LogP contribution is -2.05. The van der Waals surface area contributed by atoms with Crippen LogP contribution in [0.2, 0.25) is 0 Å². The largest absolute Gasteiger partial charge is 0.355 e. The van der Waals surface area contributed by atoms with Crippen LogP contribution in [0.5, 0.6) is 0 Å². The van der Waals surface area contributed by atoms with E-state index in [2.05, 4.69) is 135 Å². The van der Waals surface area contributed by atoms with Gasteiger partial charge < -0.3 is 9.97 Å². The first-order valence-electron chi connectivity index (χ1n) is 13.7. The Kier molecular flexibility index (Phi) is 5.58. The van der Waals surface area contributed by atoms with Gasteiger partial charge in [0.2, 0.25) is 0 Å². The summed E-state index contributed by atoms with van der Waals surface area (Å²) in [6, 6.07) is 41.2. The second-order valence-corrected chi connectivity index (χ2v) is 11.4. The minimum atomic E-state index is -0.248. The molecule has 8 rings (SSSR count). The summed E-state index contributed by atoms with van der Waals surface area (Å²) >= 11 is 3.61. The lowest BCUT2D eigenvalue weighted by atomic mass is 9.82. The number of hydrogen-bond acceptors (Lipinski definition) is 0. The number of para-hydroxylation sites is 2. The van der Waals surface area contributed by atoms with Crippen LogP contribution in [-0.2, 0) is 0 Å². The Morgan fingerprint density at radius 2 is 1.27 bits per heavy atom. The lowest BCUT2D eigenvalue weighted by Gasteiger charge is -2.20. The number of halogens is 2. The van der Waals surface area contributed by atoms with Crippen LogP contribution in [0.3, 0.4) is 0 Å². The molecule has 2 nitrogen and oxygen atoms in total. The van der Waals surface area contributed by atoms with Gasteiger partial charge in [-0.3, -0.25) is 0 Å². The van der Waals surface area contributed by atoms with Crippen molar-refractivity contribution in [3.63, 3.8) is 0 Å². The summed E-state index contributed by atoms with van der Waals surface area (Å²) in [6.45, 7) is 0. The molecule has 196 valence electrons. The standard InChI is InChI=1S/C37H24BrFN2/c38-30-19-18-25(39)20-28(30)23-14-16-24(17-15-23)34-35-26-10-4-6-12-31(26)40-33(35)21-29(22-8-2-1-3-9-22)37-36(34)27-11-5-7-13-32(27)41-37/h1-21,34,40-41H. The maximum Gasteiger partial charge on any atom is 0.123 e. The van der Waals surface area contributed by atoms with Gasteiger partial charge in [-0.15, -0.1) is 0 Å².